The van der Waals surface area contributed by atoms with E-state index in [1.165, 1.54) is 6.33 Å². The van der Waals surface area contributed by atoms with Crippen LogP contribution in [0.4, 0.5) is 17.3 Å². The number of para-hydroxylation sites is 1. The Morgan fingerprint density at radius 3 is 2.72 bits per heavy atom. The molecule has 3 aromatic heterocycles. The van der Waals surface area contributed by atoms with Crippen LogP contribution >= 0.6 is 11.6 Å². The van der Waals surface area contributed by atoms with Crippen LogP contribution in [-0.2, 0) is 0 Å². The number of hydrogen-bond acceptors (Lipinski definition) is 5. The van der Waals surface area contributed by atoms with Crippen molar-refractivity contribution in [2.24, 2.45) is 0 Å². The van der Waals surface area contributed by atoms with Crippen molar-refractivity contribution in [3.63, 3.8) is 0 Å². The Labute approximate surface area is 171 Å². The molecule has 8 nitrogen and oxygen atoms in total. The van der Waals surface area contributed by atoms with Crippen molar-refractivity contribution in [3.8, 4) is 5.69 Å². The number of nitrogen functional groups attached to an aromatic ring is 1. The van der Waals surface area contributed by atoms with Gasteiger partial charge in [-0.2, -0.15) is 0 Å². The summed E-state index contributed by atoms with van der Waals surface area (Å²) in [5.41, 5.74) is 7.43. The molecule has 3 N–H and O–H groups in total. The van der Waals surface area contributed by atoms with Gasteiger partial charge in [0.1, 0.15) is 23.5 Å². The highest BCUT2D eigenvalue weighted by molar-refractivity contribution is 6.33. The number of anilines is 2. The van der Waals surface area contributed by atoms with Gasteiger partial charge in [-0.1, -0.05) is 29.8 Å². The molecule has 0 saturated heterocycles. The van der Waals surface area contributed by atoms with E-state index in [2.05, 4.69) is 20.1 Å². The normalized spacial score (nSPS) is 11.9. The minimum atomic E-state index is -0.386. The molecule has 3 heterocycles. The second-order valence-corrected chi connectivity index (χ2v) is 6.79. The Bertz CT molecular complexity index is 1300. The van der Waals surface area contributed by atoms with Crippen LogP contribution in [0, 0.1) is 6.57 Å². The van der Waals surface area contributed by atoms with Gasteiger partial charge in [-0.15, -0.1) is 0 Å². The van der Waals surface area contributed by atoms with E-state index in [1.54, 1.807) is 21.2 Å². The first kappa shape index (κ1) is 18.5. The lowest BCUT2D eigenvalue weighted by Crippen LogP contribution is -2.27. The van der Waals surface area contributed by atoms with Crippen molar-refractivity contribution in [1.82, 2.24) is 18.9 Å². The fourth-order valence-corrected chi connectivity index (χ4v) is 3.44. The zero-order chi connectivity index (χ0) is 20.5. The van der Waals surface area contributed by atoms with Gasteiger partial charge in [0.25, 0.3) is 11.2 Å². The molecule has 1 aromatic carbocycles. The van der Waals surface area contributed by atoms with Crippen molar-refractivity contribution in [3.05, 3.63) is 87.6 Å². The maximum absolute atomic E-state index is 13.3. The maximum atomic E-state index is 13.3. The summed E-state index contributed by atoms with van der Waals surface area (Å²) in [5, 5.41) is 3.56. The number of benzene rings is 1. The Balaban J connectivity index is 1.90. The summed E-state index contributed by atoms with van der Waals surface area (Å²) in [6, 6.07) is 10.6. The van der Waals surface area contributed by atoms with E-state index in [-0.39, 0.29) is 23.1 Å². The SMILES string of the molecule is [C-]#[N+]c1c(N)ncnc1NC(C)c1cn2ccc(Cl)c2c(=O)n1-c1ccccc1. The van der Waals surface area contributed by atoms with Crippen molar-refractivity contribution in [1.29, 1.82) is 0 Å². The quantitative estimate of drug-likeness (QED) is 0.503. The average Bonchev–Trinajstić information content (AvgIpc) is 3.10. The Morgan fingerprint density at radius 2 is 2.00 bits per heavy atom. The third-order valence-corrected chi connectivity index (χ3v) is 4.88. The summed E-state index contributed by atoms with van der Waals surface area (Å²) in [5.74, 6) is 0.399. The van der Waals surface area contributed by atoms with E-state index in [1.807, 2.05) is 43.5 Å². The van der Waals surface area contributed by atoms with E-state index < -0.39 is 0 Å². The van der Waals surface area contributed by atoms with Crippen molar-refractivity contribution < 1.29 is 0 Å². The van der Waals surface area contributed by atoms with Gasteiger partial charge in [-0.25, -0.2) is 14.8 Å². The summed E-state index contributed by atoms with van der Waals surface area (Å²) in [6.45, 7) is 9.22. The zero-order valence-corrected chi connectivity index (χ0v) is 16.1. The van der Waals surface area contributed by atoms with Crippen LogP contribution in [0.15, 0.2) is 59.9 Å². The van der Waals surface area contributed by atoms with Crippen molar-refractivity contribution >= 4 is 34.4 Å². The van der Waals surface area contributed by atoms with Gasteiger partial charge in [0.2, 0.25) is 0 Å². The van der Waals surface area contributed by atoms with Gasteiger partial charge < -0.3 is 15.5 Å². The smallest absolute Gasteiger partial charge is 0.281 e. The molecule has 0 amide bonds. The molecule has 0 aliphatic carbocycles. The molecule has 9 heteroatoms. The fourth-order valence-electron chi connectivity index (χ4n) is 3.20. The minimum Gasteiger partial charge on any atom is -0.392 e. The molecule has 0 aliphatic rings. The summed E-state index contributed by atoms with van der Waals surface area (Å²) in [4.78, 5) is 24.7. The van der Waals surface area contributed by atoms with Gasteiger partial charge in [-0.3, -0.25) is 9.36 Å². The van der Waals surface area contributed by atoms with Crippen LogP contribution in [0.25, 0.3) is 16.0 Å². The lowest BCUT2D eigenvalue weighted by Gasteiger charge is -2.21. The molecule has 0 fully saturated rings. The number of nitrogens with zero attached hydrogens (tertiary/aromatic N) is 5. The van der Waals surface area contributed by atoms with E-state index in [0.717, 1.165) is 0 Å². The second-order valence-electron chi connectivity index (χ2n) is 6.38. The summed E-state index contributed by atoms with van der Waals surface area (Å²) in [7, 11) is 0. The van der Waals surface area contributed by atoms with Crippen LogP contribution in [0.5, 0.6) is 0 Å². The van der Waals surface area contributed by atoms with Crippen LogP contribution in [-0.4, -0.2) is 18.9 Å². The largest absolute Gasteiger partial charge is 0.392 e. The minimum absolute atomic E-state index is 0.0952. The summed E-state index contributed by atoms with van der Waals surface area (Å²) < 4.78 is 3.29. The standard InChI is InChI=1S/C20H16ClN7O/c1-12(26-19-16(23-2)18(22)24-11-25-19)15-10-27-9-8-14(21)17(27)20(29)28(15)13-6-4-3-5-7-13/h3-12H,1H3,(H3,22,24,25,26). The molecule has 0 bridgehead atoms. The fraction of sp³-hybridized carbons (Fsp3) is 0.100. The Morgan fingerprint density at radius 1 is 1.24 bits per heavy atom. The highest BCUT2D eigenvalue weighted by atomic mass is 35.5. The molecule has 0 saturated carbocycles. The number of rotatable bonds is 4. The molecule has 1 atom stereocenters. The van der Waals surface area contributed by atoms with Gasteiger partial charge in [-0.05, 0) is 25.1 Å². The third kappa shape index (κ3) is 3.17. The van der Waals surface area contributed by atoms with Crippen LogP contribution in [0.3, 0.4) is 0 Å². The number of nitrogens with one attached hydrogen (secondary N) is 1. The highest BCUT2D eigenvalue weighted by Gasteiger charge is 2.20. The second kappa shape index (κ2) is 7.30. The molecule has 1 unspecified atom stereocenters. The average molecular weight is 406 g/mol. The lowest BCUT2D eigenvalue weighted by atomic mass is 10.2. The first-order valence-corrected chi connectivity index (χ1v) is 9.11. The summed E-state index contributed by atoms with van der Waals surface area (Å²) in [6.07, 6.45) is 4.85. The molecule has 0 aliphatic heterocycles. The van der Waals surface area contributed by atoms with Gasteiger partial charge >= 0.3 is 0 Å². The van der Waals surface area contributed by atoms with Crippen LogP contribution < -0.4 is 16.6 Å². The monoisotopic (exact) mass is 405 g/mol. The Hall–Kier alpha value is -3.83. The van der Waals surface area contributed by atoms with Gasteiger partial charge in [0, 0.05) is 18.1 Å². The van der Waals surface area contributed by atoms with Gasteiger partial charge in [0.15, 0.2) is 0 Å². The Kier molecular flexibility index (Phi) is 4.66. The number of fused-ring (bicyclic) bond motifs is 1. The van der Waals surface area contributed by atoms with Crippen molar-refractivity contribution in [2.45, 2.75) is 13.0 Å². The lowest BCUT2D eigenvalue weighted by molar-refractivity contribution is 0.754. The number of hydrogen-bond donors (Lipinski definition) is 2. The van der Waals surface area contributed by atoms with E-state index in [4.69, 9.17) is 23.9 Å². The first-order valence-electron chi connectivity index (χ1n) is 8.73. The van der Waals surface area contributed by atoms with Gasteiger partial charge in [0.05, 0.1) is 23.3 Å². The molecule has 144 valence electrons. The predicted molar refractivity (Wildman–Crippen MR) is 113 cm³/mol. The highest BCUT2D eigenvalue weighted by Crippen LogP contribution is 2.31. The molecule has 0 spiro atoms. The van der Waals surface area contributed by atoms with Crippen molar-refractivity contribution in [2.75, 3.05) is 11.1 Å². The molecular weight excluding hydrogens is 390 g/mol. The number of aromatic nitrogens is 4. The summed E-state index contributed by atoms with van der Waals surface area (Å²) >= 11 is 6.24. The van der Waals surface area contributed by atoms with Crippen LogP contribution in [0.2, 0.25) is 5.02 Å². The van der Waals surface area contributed by atoms with E-state index in [9.17, 15) is 4.79 Å². The van der Waals surface area contributed by atoms with E-state index in [0.29, 0.717) is 27.7 Å². The molecule has 0 radical (unpaired) electrons. The zero-order valence-electron chi connectivity index (χ0n) is 15.4. The maximum Gasteiger partial charge on any atom is 0.281 e. The molecule has 4 aromatic rings. The molecule has 29 heavy (non-hydrogen) atoms. The number of halogens is 1. The predicted octanol–water partition coefficient (Wildman–Crippen LogP) is 3.84. The first-order chi connectivity index (χ1) is 14.0. The number of nitrogens with two attached hydrogens (primary N) is 1. The third-order valence-electron chi connectivity index (χ3n) is 4.57. The molecule has 4 rings (SSSR count). The van der Waals surface area contributed by atoms with Crippen LogP contribution in [0.1, 0.15) is 18.7 Å². The van der Waals surface area contributed by atoms with E-state index >= 15 is 0 Å². The molecular formula is C20H16ClN7O. The topological polar surface area (TPSA) is 94.6 Å².